The molecule has 0 saturated heterocycles. The Kier molecular flexibility index (Phi) is 4.80. The molecule has 1 atom stereocenters. The molecule has 0 aromatic heterocycles. The number of aliphatic imine (C=N–C) groups is 1. The molecular formula is C11H18N2S. The topological polar surface area (TPSA) is 38.4 Å². The van der Waals surface area contributed by atoms with Crippen molar-refractivity contribution in [1.82, 2.24) is 0 Å². The number of thioether (sulfide) groups is 1. The highest BCUT2D eigenvalue weighted by atomic mass is 32.2. The molecule has 0 fully saturated rings. The molecule has 1 rings (SSSR count). The molecule has 3 heteroatoms. The summed E-state index contributed by atoms with van der Waals surface area (Å²) in [5, 5.41) is 0. The van der Waals surface area contributed by atoms with Crippen molar-refractivity contribution in [2.24, 2.45) is 16.6 Å². The molecule has 0 amide bonds. The normalized spacial score (nSPS) is 22.2. The Labute approximate surface area is 90.4 Å². The molecule has 1 aliphatic heterocycles. The van der Waals surface area contributed by atoms with Gasteiger partial charge < -0.3 is 5.73 Å². The van der Waals surface area contributed by atoms with Crippen LogP contribution in [0.15, 0.2) is 28.6 Å². The van der Waals surface area contributed by atoms with Crippen molar-refractivity contribution in [2.75, 3.05) is 12.3 Å². The zero-order chi connectivity index (χ0) is 10.4. The fourth-order valence-electron chi connectivity index (χ4n) is 1.33. The van der Waals surface area contributed by atoms with Crippen LogP contribution in [-0.4, -0.2) is 18.1 Å². The average molecular weight is 210 g/mol. The summed E-state index contributed by atoms with van der Waals surface area (Å²) in [6.07, 6.45) is 6.18. The first-order valence-corrected chi connectivity index (χ1v) is 5.96. The smallest absolute Gasteiger partial charge is 0.117 e. The van der Waals surface area contributed by atoms with Crippen LogP contribution >= 0.6 is 11.8 Å². The van der Waals surface area contributed by atoms with Crippen LogP contribution in [-0.2, 0) is 0 Å². The molecule has 2 N–H and O–H groups in total. The van der Waals surface area contributed by atoms with Crippen molar-refractivity contribution in [2.45, 2.75) is 19.8 Å². The lowest BCUT2D eigenvalue weighted by Crippen LogP contribution is -2.07. The van der Waals surface area contributed by atoms with Crippen LogP contribution in [0.25, 0.3) is 0 Å². The summed E-state index contributed by atoms with van der Waals surface area (Å²) in [6, 6.07) is 0. The number of nitrogens with zero attached hydrogens (tertiary/aromatic N) is 1. The number of rotatable bonds is 5. The summed E-state index contributed by atoms with van der Waals surface area (Å²) < 4.78 is 0. The van der Waals surface area contributed by atoms with E-state index in [9.17, 15) is 0 Å². The molecule has 1 aliphatic rings. The van der Waals surface area contributed by atoms with Gasteiger partial charge in [0.2, 0.25) is 0 Å². The lowest BCUT2D eigenvalue weighted by Gasteiger charge is -1.98. The summed E-state index contributed by atoms with van der Waals surface area (Å²) in [5.41, 5.74) is 5.50. The van der Waals surface area contributed by atoms with Crippen LogP contribution in [0.2, 0.25) is 0 Å². The van der Waals surface area contributed by atoms with Crippen molar-refractivity contribution in [1.29, 1.82) is 0 Å². The van der Waals surface area contributed by atoms with Gasteiger partial charge in [0.1, 0.15) is 5.84 Å². The van der Waals surface area contributed by atoms with E-state index >= 15 is 0 Å². The third kappa shape index (κ3) is 4.01. The highest BCUT2D eigenvalue weighted by molar-refractivity contribution is 8.03. The molecule has 0 aromatic rings. The Morgan fingerprint density at radius 1 is 1.86 bits per heavy atom. The van der Waals surface area contributed by atoms with Crippen molar-refractivity contribution in [3.8, 4) is 0 Å². The van der Waals surface area contributed by atoms with Crippen LogP contribution in [0.1, 0.15) is 19.8 Å². The van der Waals surface area contributed by atoms with Crippen LogP contribution in [0.4, 0.5) is 0 Å². The van der Waals surface area contributed by atoms with E-state index in [1.54, 1.807) is 6.08 Å². The van der Waals surface area contributed by atoms with Gasteiger partial charge in [-0.1, -0.05) is 19.6 Å². The van der Waals surface area contributed by atoms with E-state index in [1.165, 1.54) is 10.7 Å². The minimum Gasteiger partial charge on any atom is -0.384 e. The van der Waals surface area contributed by atoms with E-state index in [2.05, 4.69) is 24.6 Å². The molecule has 0 spiro atoms. The maximum Gasteiger partial charge on any atom is 0.117 e. The third-order valence-electron chi connectivity index (χ3n) is 2.09. The Bertz CT molecular complexity index is 256. The monoisotopic (exact) mass is 210 g/mol. The maximum absolute atomic E-state index is 5.50. The first-order chi connectivity index (χ1) is 6.72. The second-order valence-electron chi connectivity index (χ2n) is 3.54. The molecule has 0 saturated carbocycles. The minimum absolute atomic E-state index is 0.548. The zero-order valence-electron chi connectivity index (χ0n) is 8.70. The van der Waals surface area contributed by atoms with E-state index < -0.39 is 0 Å². The minimum atomic E-state index is 0.548. The fraction of sp³-hybridized carbons (Fsp3) is 0.545. The molecule has 1 heterocycles. The predicted octanol–water partition coefficient (Wildman–Crippen LogP) is 2.58. The second-order valence-corrected chi connectivity index (χ2v) is 4.68. The van der Waals surface area contributed by atoms with Crippen LogP contribution in [0.5, 0.6) is 0 Å². The summed E-state index contributed by atoms with van der Waals surface area (Å²) in [6.45, 7) is 6.62. The van der Waals surface area contributed by atoms with Crippen molar-refractivity contribution in [3.05, 3.63) is 23.6 Å². The predicted molar refractivity (Wildman–Crippen MR) is 65.6 cm³/mol. The number of nitrogens with two attached hydrogens (primary N) is 1. The second kappa shape index (κ2) is 5.91. The number of hydrogen-bond donors (Lipinski definition) is 1. The van der Waals surface area contributed by atoms with Gasteiger partial charge in [0.15, 0.2) is 0 Å². The van der Waals surface area contributed by atoms with Crippen LogP contribution in [0, 0.1) is 5.92 Å². The van der Waals surface area contributed by atoms with E-state index in [1.807, 2.05) is 11.8 Å². The third-order valence-corrected chi connectivity index (χ3v) is 3.49. The summed E-state index contributed by atoms with van der Waals surface area (Å²) in [7, 11) is 0. The van der Waals surface area contributed by atoms with Crippen molar-refractivity contribution < 1.29 is 0 Å². The molecular weight excluding hydrogens is 192 g/mol. The average Bonchev–Trinajstić information content (AvgIpc) is 2.58. The lowest BCUT2D eigenvalue weighted by molar-refractivity contribution is 0.827. The van der Waals surface area contributed by atoms with Crippen molar-refractivity contribution in [3.63, 3.8) is 0 Å². The first-order valence-electron chi connectivity index (χ1n) is 4.98. The molecule has 0 bridgehead atoms. The van der Waals surface area contributed by atoms with Gasteiger partial charge in [-0.25, -0.2) is 0 Å². The van der Waals surface area contributed by atoms with Crippen LogP contribution in [0.3, 0.4) is 0 Å². The van der Waals surface area contributed by atoms with Crippen molar-refractivity contribution >= 4 is 17.6 Å². The maximum atomic E-state index is 5.50. The fourth-order valence-corrected chi connectivity index (χ4v) is 2.52. The zero-order valence-corrected chi connectivity index (χ0v) is 9.52. The molecule has 0 aliphatic carbocycles. The van der Waals surface area contributed by atoms with E-state index in [0.29, 0.717) is 5.84 Å². The largest absolute Gasteiger partial charge is 0.384 e. The molecule has 0 aromatic carbocycles. The van der Waals surface area contributed by atoms with E-state index in [0.717, 1.165) is 25.3 Å². The summed E-state index contributed by atoms with van der Waals surface area (Å²) in [4.78, 5) is 5.68. The van der Waals surface area contributed by atoms with E-state index in [-0.39, 0.29) is 0 Å². The number of allylic oxidation sites excluding steroid dienone is 2. The van der Waals surface area contributed by atoms with E-state index in [4.69, 9.17) is 5.73 Å². The standard InChI is InChI=1S/C11H18N2S/c1-3-11(12)13-6-4-5-10-7-9(2)8-14-10/h3,7,9H,1,4-6,8H2,2H3,(H2,12,13). The Balaban J connectivity index is 2.16. The highest BCUT2D eigenvalue weighted by Gasteiger charge is 2.10. The van der Waals surface area contributed by atoms with Gasteiger partial charge in [0, 0.05) is 12.3 Å². The number of amidine groups is 1. The molecule has 2 nitrogen and oxygen atoms in total. The van der Waals surface area contributed by atoms with Gasteiger partial charge in [0.05, 0.1) is 0 Å². The van der Waals surface area contributed by atoms with Gasteiger partial charge in [0.25, 0.3) is 0 Å². The Morgan fingerprint density at radius 3 is 3.21 bits per heavy atom. The first kappa shape index (κ1) is 11.4. The summed E-state index contributed by atoms with van der Waals surface area (Å²) >= 11 is 1.98. The molecule has 1 unspecified atom stereocenters. The Morgan fingerprint density at radius 2 is 2.64 bits per heavy atom. The highest BCUT2D eigenvalue weighted by Crippen LogP contribution is 2.31. The summed E-state index contributed by atoms with van der Waals surface area (Å²) in [5.74, 6) is 2.54. The molecule has 14 heavy (non-hydrogen) atoms. The van der Waals surface area contributed by atoms with Gasteiger partial charge >= 0.3 is 0 Å². The van der Waals surface area contributed by atoms with Gasteiger partial charge in [-0.15, -0.1) is 11.8 Å². The quantitative estimate of drug-likeness (QED) is 0.430. The number of hydrogen-bond acceptors (Lipinski definition) is 2. The van der Waals surface area contributed by atoms with Crippen LogP contribution < -0.4 is 5.73 Å². The van der Waals surface area contributed by atoms with Gasteiger partial charge in [-0.05, 0) is 29.7 Å². The molecule has 78 valence electrons. The lowest BCUT2D eigenvalue weighted by atomic mass is 10.2. The van der Waals surface area contributed by atoms with Gasteiger partial charge in [-0.2, -0.15) is 0 Å². The Hall–Kier alpha value is -0.700. The van der Waals surface area contributed by atoms with Gasteiger partial charge in [-0.3, -0.25) is 4.99 Å². The SMILES string of the molecule is C=CC(N)=NCCCC1=CC(C)CS1. The molecule has 0 radical (unpaired) electrons.